The first-order chi connectivity index (χ1) is 10.7. The van der Waals surface area contributed by atoms with Crippen molar-refractivity contribution in [3.63, 3.8) is 0 Å². The zero-order valence-electron chi connectivity index (χ0n) is 13.3. The molecule has 1 fully saturated rings. The first-order valence-electron chi connectivity index (χ1n) is 7.74. The summed E-state index contributed by atoms with van der Waals surface area (Å²) in [4.78, 5) is 16.1. The highest BCUT2D eigenvalue weighted by Crippen LogP contribution is 2.25. The van der Waals surface area contributed by atoms with E-state index in [2.05, 4.69) is 21.4 Å². The molecule has 0 atom stereocenters. The smallest absolute Gasteiger partial charge is 0.152 e. The summed E-state index contributed by atoms with van der Waals surface area (Å²) < 4.78 is 7.44. The van der Waals surface area contributed by atoms with Crippen LogP contribution in [0.15, 0.2) is 24.4 Å². The Morgan fingerprint density at radius 1 is 1.18 bits per heavy atom. The summed E-state index contributed by atoms with van der Waals surface area (Å²) in [5, 5.41) is 0.965. The maximum atomic E-state index is 11.3. The van der Waals surface area contributed by atoms with Gasteiger partial charge in [-0.3, -0.25) is 9.69 Å². The zero-order valence-corrected chi connectivity index (χ0v) is 13.3. The lowest BCUT2D eigenvalue weighted by atomic mass is 10.2. The van der Waals surface area contributed by atoms with Crippen LogP contribution in [0.2, 0.25) is 0 Å². The zero-order chi connectivity index (χ0) is 15.5. The summed E-state index contributed by atoms with van der Waals surface area (Å²) in [6.07, 6.45) is 2.88. The van der Waals surface area contributed by atoms with Crippen LogP contribution in [-0.2, 0) is 6.54 Å². The van der Waals surface area contributed by atoms with E-state index in [-0.39, 0.29) is 0 Å². The molecule has 0 spiro atoms. The van der Waals surface area contributed by atoms with Crippen LogP contribution in [0.3, 0.4) is 0 Å². The van der Waals surface area contributed by atoms with E-state index >= 15 is 0 Å². The highest BCUT2D eigenvalue weighted by Gasteiger charge is 2.14. The second-order valence-electron chi connectivity index (χ2n) is 5.92. The maximum absolute atomic E-state index is 11.3. The number of benzene rings is 1. The van der Waals surface area contributed by atoms with Gasteiger partial charge in [-0.1, -0.05) is 0 Å². The molecule has 0 unspecified atom stereocenters. The number of fused-ring (bicyclic) bond motifs is 1. The van der Waals surface area contributed by atoms with Crippen LogP contribution in [0.4, 0.5) is 0 Å². The average Bonchev–Trinajstić information content (AvgIpc) is 2.91. The number of aldehydes is 1. The van der Waals surface area contributed by atoms with Crippen molar-refractivity contribution < 1.29 is 9.53 Å². The van der Waals surface area contributed by atoms with Gasteiger partial charge < -0.3 is 14.2 Å². The fourth-order valence-electron chi connectivity index (χ4n) is 3.03. The molecule has 2 aromatic rings. The van der Waals surface area contributed by atoms with E-state index in [1.54, 1.807) is 7.11 Å². The number of aromatic nitrogens is 1. The van der Waals surface area contributed by atoms with Gasteiger partial charge >= 0.3 is 0 Å². The lowest BCUT2D eigenvalue weighted by Crippen LogP contribution is -2.45. The molecule has 0 radical (unpaired) electrons. The Labute approximate surface area is 131 Å². The lowest BCUT2D eigenvalue weighted by molar-refractivity contribution is 0.112. The van der Waals surface area contributed by atoms with E-state index in [1.807, 2.05) is 24.4 Å². The van der Waals surface area contributed by atoms with Crippen molar-refractivity contribution in [1.29, 1.82) is 0 Å². The molecule has 1 aromatic carbocycles. The van der Waals surface area contributed by atoms with E-state index in [4.69, 9.17) is 4.74 Å². The molecule has 5 nitrogen and oxygen atoms in total. The summed E-state index contributed by atoms with van der Waals surface area (Å²) in [7, 11) is 3.81. The van der Waals surface area contributed by atoms with Crippen molar-refractivity contribution in [2.75, 3.05) is 46.9 Å². The first kappa shape index (κ1) is 15.1. The largest absolute Gasteiger partial charge is 0.497 e. The predicted octanol–water partition coefficient (Wildman–Crippen LogP) is 1.71. The average molecular weight is 301 g/mol. The first-order valence-corrected chi connectivity index (χ1v) is 7.74. The molecule has 1 aromatic heterocycles. The third kappa shape index (κ3) is 3.00. The SMILES string of the molecule is COc1ccc2c(c1)c(C=O)cn2CCN1CCN(C)CC1. The van der Waals surface area contributed by atoms with Gasteiger partial charge in [0.25, 0.3) is 0 Å². The molecule has 0 aliphatic carbocycles. The monoisotopic (exact) mass is 301 g/mol. The van der Waals surface area contributed by atoms with E-state index in [0.717, 1.165) is 67.8 Å². The standard InChI is InChI=1S/C17H23N3O2/c1-18-5-7-19(8-6-18)9-10-20-12-14(13-21)16-11-15(22-2)3-4-17(16)20/h3-4,11-13H,5-10H2,1-2H3. The Hall–Kier alpha value is -1.85. The molecule has 1 aliphatic heterocycles. The third-order valence-corrected chi connectivity index (χ3v) is 4.50. The van der Waals surface area contributed by atoms with E-state index in [1.165, 1.54) is 0 Å². The van der Waals surface area contributed by atoms with Crippen LogP contribution in [0.25, 0.3) is 10.9 Å². The highest BCUT2D eigenvalue weighted by molar-refractivity contribution is 5.98. The van der Waals surface area contributed by atoms with Crippen molar-refractivity contribution in [2.24, 2.45) is 0 Å². The van der Waals surface area contributed by atoms with Gasteiger partial charge in [0.15, 0.2) is 6.29 Å². The van der Waals surface area contributed by atoms with E-state index < -0.39 is 0 Å². The van der Waals surface area contributed by atoms with Gasteiger partial charge in [-0.25, -0.2) is 0 Å². The Balaban J connectivity index is 1.77. The number of hydrogen-bond acceptors (Lipinski definition) is 4. The Bertz CT molecular complexity index is 657. The highest BCUT2D eigenvalue weighted by atomic mass is 16.5. The lowest BCUT2D eigenvalue weighted by Gasteiger charge is -2.32. The van der Waals surface area contributed by atoms with Gasteiger partial charge in [0.2, 0.25) is 0 Å². The molecular weight excluding hydrogens is 278 g/mol. The van der Waals surface area contributed by atoms with Crippen LogP contribution in [0.5, 0.6) is 5.75 Å². The molecule has 1 saturated heterocycles. The molecule has 3 rings (SSSR count). The molecule has 0 saturated carbocycles. The van der Waals surface area contributed by atoms with E-state index in [9.17, 15) is 4.79 Å². The molecule has 22 heavy (non-hydrogen) atoms. The number of ether oxygens (including phenoxy) is 1. The van der Waals surface area contributed by atoms with Crippen molar-refractivity contribution >= 4 is 17.2 Å². The molecule has 0 amide bonds. The molecule has 5 heteroatoms. The van der Waals surface area contributed by atoms with E-state index in [0.29, 0.717) is 0 Å². The van der Waals surface area contributed by atoms with Gasteiger partial charge in [-0.2, -0.15) is 0 Å². The number of hydrogen-bond donors (Lipinski definition) is 0. The van der Waals surface area contributed by atoms with Crippen molar-refractivity contribution in [1.82, 2.24) is 14.4 Å². The number of rotatable bonds is 5. The predicted molar refractivity (Wildman–Crippen MR) is 87.8 cm³/mol. The number of piperazine rings is 1. The van der Waals surface area contributed by atoms with Crippen LogP contribution < -0.4 is 4.74 Å². The summed E-state index contributed by atoms with van der Waals surface area (Å²) in [5.74, 6) is 0.785. The number of nitrogens with zero attached hydrogens (tertiary/aromatic N) is 3. The fraction of sp³-hybridized carbons (Fsp3) is 0.471. The Morgan fingerprint density at radius 2 is 1.95 bits per heavy atom. The fourth-order valence-corrected chi connectivity index (χ4v) is 3.03. The van der Waals surface area contributed by atoms with Crippen molar-refractivity contribution in [2.45, 2.75) is 6.54 Å². The van der Waals surface area contributed by atoms with Gasteiger partial charge in [0.05, 0.1) is 7.11 Å². The second-order valence-corrected chi connectivity index (χ2v) is 5.92. The molecule has 2 heterocycles. The number of methoxy groups -OCH3 is 1. The minimum Gasteiger partial charge on any atom is -0.497 e. The summed E-state index contributed by atoms with van der Waals surface area (Å²) >= 11 is 0. The van der Waals surface area contributed by atoms with Gasteiger partial charge in [-0.15, -0.1) is 0 Å². The van der Waals surface area contributed by atoms with Crippen molar-refractivity contribution in [3.05, 3.63) is 30.0 Å². The van der Waals surface area contributed by atoms with Crippen LogP contribution in [0.1, 0.15) is 10.4 Å². The number of likely N-dealkylation sites (N-methyl/N-ethyl adjacent to an activating group) is 1. The normalized spacial score (nSPS) is 17.0. The van der Waals surface area contributed by atoms with Crippen LogP contribution in [0, 0.1) is 0 Å². The maximum Gasteiger partial charge on any atom is 0.152 e. The second kappa shape index (κ2) is 6.50. The summed E-state index contributed by atoms with van der Waals surface area (Å²) in [5.41, 5.74) is 1.82. The summed E-state index contributed by atoms with van der Waals surface area (Å²) in [6, 6.07) is 5.92. The molecule has 1 aliphatic rings. The van der Waals surface area contributed by atoms with Crippen LogP contribution in [-0.4, -0.2) is 67.5 Å². The molecular formula is C17H23N3O2. The van der Waals surface area contributed by atoms with Gasteiger partial charge in [-0.05, 0) is 25.2 Å². The quantitative estimate of drug-likeness (QED) is 0.788. The molecule has 0 N–H and O–H groups in total. The minimum atomic E-state index is 0.729. The molecule has 0 bridgehead atoms. The van der Waals surface area contributed by atoms with Crippen LogP contribution >= 0.6 is 0 Å². The topological polar surface area (TPSA) is 37.7 Å². The Morgan fingerprint density at radius 3 is 2.64 bits per heavy atom. The Kier molecular flexibility index (Phi) is 4.45. The van der Waals surface area contributed by atoms with Gasteiger partial charge in [0.1, 0.15) is 5.75 Å². The van der Waals surface area contributed by atoms with Gasteiger partial charge in [0, 0.05) is 61.9 Å². The van der Waals surface area contributed by atoms with Crippen molar-refractivity contribution in [3.8, 4) is 5.75 Å². The third-order valence-electron chi connectivity index (χ3n) is 4.50. The minimum absolute atomic E-state index is 0.729. The summed E-state index contributed by atoms with van der Waals surface area (Å²) in [6.45, 7) is 6.41. The molecule has 118 valence electrons. The number of carbonyl (C=O) groups excluding carboxylic acids is 1. The number of carbonyl (C=O) groups is 1.